The van der Waals surface area contributed by atoms with Crippen LogP contribution in [0.2, 0.25) is 0 Å². The van der Waals surface area contributed by atoms with Crippen molar-refractivity contribution in [3.63, 3.8) is 0 Å². The summed E-state index contributed by atoms with van der Waals surface area (Å²) in [5.74, 6) is 0.0875. The summed E-state index contributed by atoms with van der Waals surface area (Å²) >= 11 is 0. The topological polar surface area (TPSA) is 67.2 Å². The van der Waals surface area contributed by atoms with Gasteiger partial charge in [-0.05, 0) is 18.2 Å². The SMILES string of the molecule is O=C(Nc1cccc(C(F)(F)F)c1)Nc1ccno1. The average molecular weight is 271 g/mol. The number of rotatable bonds is 2. The van der Waals surface area contributed by atoms with Crippen LogP contribution in [0, 0.1) is 0 Å². The number of amides is 2. The Balaban J connectivity index is 2.05. The number of carbonyl (C=O) groups is 1. The third-order valence-electron chi connectivity index (χ3n) is 2.12. The number of hydrogen-bond donors (Lipinski definition) is 2. The normalized spacial score (nSPS) is 11.1. The predicted octanol–water partition coefficient (Wildman–Crippen LogP) is 3.34. The molecule has 0 atom stereocenters. The van der Waals surface area contributed by atoms with Gasteiger partial charge in [-0.2, -0.15) is 13.2 Å². The second-order valence-electron chi connectivity index (χ2n) is 3.53. The first-order valence-electron chi connectivity index (χ1n) is 5.11. The van der Waals surface area contributed by atoms with Crippen LogP contribution < -0.4 is 10.6 Å². The van der Waals surface area contributed by atoms with Crippen molar-refractivity contribution in [3.05, 3.63) is 42.1 Å². The first kappa shape index (κ1) is 12.9. The molecule has 1 aromatic heterocycles. The van der Waals surface area contributed by atoms with Crippen molar-refractivity contribution in [2.45, 2.75) is 6.18 Å². The Morgan fingerprint density at radius 2 is 2.00 bits per heavy atom. The molecule has 0 saturated heterocycles. The molecule has 0 unspecified atom stereocenters. The minimum absolute atomic E-state index is 0.0202. The van der Waals surface area contributed by atoms with Gasteiger partial charge in [0.2, 0.25) is 5.88 Å². The molecule has 100 valence electrons. The third-order valence-corrected chi connectivity index (χ3v) is 2.12. The molecule has 1 heterocycles. The first-order chi connectivity index (χ1) is 8.95. The zero-order valence-corrected chi connectivity index (χ0v) is 9.36. The summed E-state index contributed by atoms with van der Waals surface area (Å²) in [5.41, 5.74) is -0.822. The zero-order chi connectivity index (χ0) is 13.9. The van der Waals surface area contributed by atoms with Gasteiger partial charge >= 0.3 is 12.2 Å². The van der Waals surface area contributed by atoms with Crippen LogP contribution in [-0.2, 0) is 6.18 Å². The van der Waals surface area contributed by atoms with Crippen LogP contribution in [0.1, 0.15) is 5.56 Å². The van der Waals surface area contributed by atoms with Crippen LogP contribution in [0.4, 0.5) is 29.5 Å². The Morgan fingerprint density at radius 1 is 1.21 bits per heavy atom. The number of halogens is 3. The smallest absolute Gasteiger partial charge is 0.338 e. The van der Waals surface area contributed by atoms with Gasteiger partial charge in [-0.3, -0.25) is 5.32 Å². The van der Waals surface area contributed by atoms with Crippen LogP contribution in [0.3, 0.4) is 0 Å². The van der Waals surface area contributed by atoms with Crippen molar-refractivity contribution in [1.82, 2.24) is 5.16 Å². The van der Waals surface area contributed by atoms with Gasteiger partial charge < -0.3 is 9.84 Å². The number of anilines is 2. The fraction of sp³-hybridized carbons (Fsp3) is 0.0909. The van der Waals surface area contributed by atoms with Crippen molar-refractivity contribution >= 4 is 17.6 Å². The number of hydrogen-bond acceptors (Lipinski definition) is 3. The second kappa shape index (κ2) is 5.01. The van der Waals surface area contributed by atoms with Crippen molar-refractivity contribution in [2.24, 2.45) is 0 Å². The monoisotopic (exact) mass is 271 g/mol. The highest BCUT2D eigenvalue weighted by Crippen LogP contribution is 2.30. The molecule has 0 aliphatic heterocycles. The minimum atomic E-state index is -4.46. The maximum Gasteiger partial charge on any atom is 0.416 e. The number of aromatic nitrogens is 1. The van der Waals surface area contributed by atoms with Crippen LogP contribution in [0.25, 0.3) is 0 Å². The summed E-state index contributed by atoms with van der Waals surface area (Å²) < 4.78 is 42.0. The molecule has 5 nitrogen and oxygen atoms in total. The highest BCUT2D eigenvalue weighted by Gasteiger charge is 2.30. The molecular formula is C11H8F3N3O2. The van der Waals surface area contributed by atoms with Gasteiger partial charge in [0, 0.05) is 11.8 Å². The van der Waals surface area contributed by atoms with Gasteiger partial charge in [0.05, 0.1) is 11.8 Å². The summed E-state index contributed by atoms with van der Waals surface area (Å²) in [6, 6.07) is 4.96. The largest absolute Gasteiger partial charge is 0.416 e. The van der Waals surface area contributed by atoms with Crippen molar-refractivity contribution < 1.29 is 22.5 Å². The summed E-state index contributed by atoms with van der Waals surface area (Å²) in [5, 5.41) is 7.89. The van der Waals surface area contributed by atoms with E-state index >= 15 is 0 Å². The minimum Gasteiger partial charge on any atom is -0.338 e. The van der Waals surface area contributed by atoms with Gasteiger partial charge in [-0.1, -0.05) is 11.2 Å². The molecule has 19 heavy (non-hydrogen) atoms. The quantitative estimate of drug-likeness (QED) is 0.880. The predicted molar refractivity (Wildman–Crippen MR) is 60.6 cm³/mol. The van der Waals surface area contributed by atoms with E-state index in [4.69, 9.17) is 0 Å². The fourth-order valence-corrected chi connectivity index (χ4v) is 1.33. The Kier molecular flexibility index (Phi) is 3.41. The summed E-state index contributed by atoms with van der Waals surface area (Å²) in [6.07, 6.45) is -3.14. The van der Waals surface area contributed by atoms with Gasteiger partial charge in [0.25, 0.3) is 0 Å². The molecule has 2 aromatic rings. The highest BCUT2D eigenvalue weighted by atomic mass is 19.4. The van der Waals surface area contributed by atoms with E-state index in [-0.39, 0.29) is 11.6 Å². The van der Waals surface area contributed by atoms with Crippen molar-refractivity contribution in [2.75, 3.05) is 10.6 Å². The zero-order valence-electron chi connectivity index (χ0n) is 9.36. The van der Waals surface area contributed by atoms with Gasteiger partial charge in [-0.15, -0.1) is 0 Å². The van der Waals surface area contributed by atoms with Crippen molar-refractivity contribution in [3.8, 4) is 0 Å². The molecule has 0 fully saturated rings. The molecule has 0 radical (unpaired) electrons. The molecule has 2 N–H and O–H groups in total. The standard InChI is InChI=1S/C11H8F3N3O2/c12-11(13,14)7-2-1-3-8(6-7)16-10(18)17-9-4-5-15-19-9/h1-6H,(H2,16,17,18). The van der Waals surface area contributed by atoms with E-state index < -0.39 is 17.8 Å². The Hall–Kier alpha value is -2.51. The van der Waals surface area contributed by atoms with Crippen LogP contribution >= 0.6 is 0 Å². The molecule has 0 spiro atoms. The number of carbonyl (C=O) groups excluding carboxylic acids is 1. The average Bonchev–Trinajstić information content (AvgIpc) is 2.80. The maximum absolute atomic E-state index is 12.5. The van der Waals surface area contributed by atoms with E-state index in [9.17, 15) is 18.0 Å². The number of nitrogens with zero attached hydrogens (tertiary/aromatic N) is 1. The van der Waals surface area contributed by atoms with Crippen LogP contribution in [0.15, 0.2) is 41.1 Å². The van der Waals surface area contributed by atoms with Crippen LogP contribution in [-0.4, -0.2) is 11.2 Å². The lowest BCUT2D eigenvalue weighted by Crippen LogP contribution is -2.19. The lowest BCUT2D eigenvalue weighted by Gasteiger charge is -2.09. The van der Waals surface area contributed by atoms with Crippen molar-refractivity contribution in [1.29, 1.82) is 0 Å². The maximum atomic E-state index is 12.5. The lowest BCUT2D eigenvalue weighted by molar-refractivity contribution is -0.137. The third kappa shape index (κ3) is 3.47. The molecule has 0 bridgehead atoms. The molecule has 0 saturated carbocycles. The number of urea groups is 1. The van der Waals surface area contributed by atoms with E-state index in [2.05, 4.69) is 20.3 Å². The molecule has 0 aliphatic rings. The van der Waals surface area contributed by atoms with Crippen LogP contribution in [0.5, 0.6) is 0 Å². The molecule has 2 amide bonds. The molecule has 1 aromatic carbocycles. The number of nitrogens with one attached hydrogen (secondary N) is 2. The number of alkyl halides is 3. The van der Waals surface area contributed by atoms with E-state index in [1.165, 1.54) is 24.4 Å². The Labute approximate surface area is 105 Å². The summed E-state index contributed by atoms with van der Waals surface area (Å²) in [4.78, 5) is 11.4. The highest BCUT2D eigenvalue weighted by molar-refractivity contribution is 5.98. The summed E-state index contributed by atoms with van der Waals surface area (Å²) in [6.45, 7) is 0. The van der Waals surface area contributed by atoms with E-state index in [1.54, 1.807) is 0 Å². The summed E-state index contributed by atoms with van der Waals surface area (Å²) in [7, 11) is 0. The van der Waals surface area contributed by atoms with E-state index in [1.807, 2.05) is 0 Å². The van der Waals surface area contributed by atoms with E-state index in [0.29, 0.717) is 0 Å². The van der Waals surface area contributed by atoms with Gasteiger partial charge in [-0.25, -0.2) is 4.79 Å². The van der Waals surface area contributed by atoms with E-state index in [0.717, 1.165) is 12.1 Å². The lowest BCUT2D eigenvalue weighted by atomic mass is 10.2. The molecule has 8 heteroatoms. The van der Waals surface area contributed by atoms with Gasteiger partial charge in [0.15, 0.2) is 0 Å². The van der Waals surface area contributed by atoms with Gasteiger partial charge in [0.1, 0.15) is 0 Å². The second-order valence-corrected chi connectivity index (χ2v) is 3.53. The fourth-order valence-electron chi connectivity index (χ4n) is 1.33. The first-order valence-corrected chi connectivity index (χ1v) is 5.11. The molecular weight excluding hydrogens is 263 g/mol. The Bertz CT molecular complexity index is 567. The number of benzene rings is 1. The molecule has 2 rings (SSSR count). The Morgan fingerprint density at radius 3 is 2.63 bits per heavy atom. The molecule has 0 aliphatic carbocycles.